The molecule has 0 aliphatic heterocycles. The number of benzene rings is 2. The van der Waals surface area contributed by atoms with E-state index in [1.807, 2.05) is 0 Å². The van der Waals surface area contributed by atoms with Crippen LogP contribution in [-0.4, -0.2) is 20.5 Å². The molecule has 0 saturated carbocycles. The number of aryl methyl sites for hydroxylation is 1. The van der Waals surface area contributed by atoms with E-state index < -0.39 is 10.8 Å². The summed E-state index contributed by atoms with van der Waals surface area (Å²) >= 11 is 0. The number of fused-ring (bicyclic) bond motifs is 1. The van der Waals surface area contributed by atoms with E-state index in [2.05, 4.69) is 10.2 Å². The van der Waals surface area contributed by atoms with Gasteiger partial charge in [-0.15, -0.1) is 10.2 Å². The summed E-state index contributed by atoms with van der Waals surface area (Å²) in [6.07, 6.45) is 0. The van der Waals surface area contributed by atoms with Gasteiger partial charge in [-0.1, -0.05) is 30.3 Å². The molecule has 1 amide bonds. The molecule has 0 bridgehead atoms. The van der Waals surface area contributed by atoms with E-state index in [1.54, 1.807) is 31.3 Å². The van der Waals surface area contributed by atoms with Crippen LogP contribution in [0.4, 0.5) is 11.4 Å². The molecule has 24 heavy (non-hydrogen) atoms. The Morgan fingerprint density at radius 3 is 2.58 bits per heavy atom. The largest absolute Gasteiger partial charge is 0.493 e. The van der Waals surface area contributed by atoms with Crippen LogP contribution in [0.3, 0.4) is 0 Å². The van der Waals surface area contributed by atoms with Crippen molar-refractivity contribution in [1.82, 2.24) is 4.57 Å². The second-order valence-corrected chi connectivity index (χ2v) is 5.03. The molecule has 0 atom stereocenters. The van der Waals surface area contributed by atoms with Gasteiger partial charge < -0.3 is 9.67 Å². The molecule has 8 heteroatoms. The lowest BCUT2D eigenvalue weighted by Crippen LogP contribution is -2.00. The predicted octanol–water partition coefficient (Wildman–Crippen LogP) is 3.72. The summed E-state index contributed by atoms with van der Waals surface area (Å²) in [5.74, 6) is -0.995. The number of aromatic nitrogens is 1. The Bertz CT molecular complexity index is 991. The third-order valence-corrected chi connectivity index (χ3v) is 3.62. The molecule has 0 spiro atoms. The van der Waals surface area contributed by atoms with Gasteiger partial charge in [0.1, 0.15) is 5.56 Å². The second-order valence-electron chi connectivity index (χ2n) is 5.03. The molecule has 0 radical (unpaired) electrons. The highest BCUT2D eigenvalue weighted by Gasteiger charge is 2.20. The number of nitrogens with zero attached hydrogens (tertiary/aromatic N) is 4. The zero-order valence-electron chi connectivity index (χ0n) is 12.6. The van der Waals surface area contributed by atoms with E-state index in [-0.39, 0.29) is 22.8 Å². The fraction of sp³-hybridized carbons (Fsp3) is 0.0625. The van der Waals surface area contributed by atoms with E-state index in [0.29, 0.717) is 5.39 Å². The minimum absolute atomic E-state index is 0.139. The number of azo groups is 1. The van der Waals surface area contributed by atoms with Crippen molar-refractivity contribution in [1.29, 1.82) is 0 Å². The van der Waals surface area contributed by atoms with Gasteiger partial charge in [0.2, 0.25) is 5.88 Å². The molecule has 3 aromatic rings. The molecular weight excluding hydrogens is 312 g/mol. The Balaban J connectivity index is 2.02. The van der Waals surface area contributed by atoms with Crippen LogP contribution in [0.15, 0.2) is 58.8 Å². The van der Waals surface area contributed by atoms with Crippen molar-refractivity contribution >= 4 is 28.2 Å². The van der Waals surface area contributed by atoms with Crippen LogP contribution in [0.1, 0.15) is 10.4 Å². The standard InChI is InChI=1S/C16H12N4O4/c1-19-12-8-4-2-6-10(12)14(16(19)22)17-18-15(21)11-7-3-5-9-13(11)20(23)24/h2-9,22H,1H3. The first kappa shape index (κ1) is 15.3. The van der Waals surface area contributed by atoms with Crippen molar-refractivity contribution in [3.63, 3.8) is 0 Å². The molecule has 1 aromatic heterocycles. The fourth-order valence-corrected chi connectivity index (χ4v) is 2.42. The van der Waals surface area contributed by atoms with Crippen LogP contribution in [0.2, 0.25) is 0 Å². The van der Waals surface area contributed by atoms with Gasteiger partial charge in [-0.3, -0.25) is 14.9 Å². The van der Waals surface area contributed by atoms with Crippen LogP contribution in [0.5, 0.6) is 5.88 Å². The molecule has 0 fully saturated rings. The van der Waals surface area contributed by atoms with Gasteiger partial charge in [-0.05, 0) is 12.1 Å². The molecule has 120 valence electrons. The normalized spacial score (nSPS) is 11.2. The number of carbonyl (C=O) groups is 1. The van der Waals surface area contributed by atoms with Crippen LogP contribution in [0, 0.1) is 10.1 Å². The first-order valence-corrected chi connectivity index (χ1v) is 6.96. The zero-order chi connectivity index (χ0) is 17.3. The molecule has 3 rings (SSSR count). The first-order chi connectivity index (χ1) is 11.5. The number of carbonyl (C=O) groups excluding carboxylic acids is 1. The Morgan fingerprint density at radius 2 is 1.83 bits per heavy atom. The molecular formula is C16H12N4O4. The minimum Gasteiger partial charge on any atom is -0.493 e. The lowest BCUT2D eigenvalue weighted by atomic mass is 10.2. The van der Waals surface area contributed by atoms with Crippen molar-refractivity contribution in [2.75, 3.05) is 0 Å². The van der Waals surface area contributed by atoms with Crippen molar-refractivity contribution in [3.8, 4) is 5.88 Å². The molecule has 1 heterocycles. The molecule has 1 N–H and O–H groups in total. The van der Waals surface area contributed by atoms with Crippen LogP contribution < -0.4 is 0 Å². The van der Waals surface area contributed by atoms with Gasteiger partial charge in [0.05, 0.1) is 10.4 Å². The quantitative estimate of drug-likeness (QED) is 0.449. The van der Waals surface area contributed by atoms with Gasteiger partial charge in [0.15, 0.2) is 5.69 Å². The molecule has 0 unspecified atom stereocenters. The number of rotatable bonds is 3. The summed E-state index contributed by atoms with van der Waals surface area (Å²) in [6.45, 7) is 0. The Morgan fingerprint density at radius 1 is 1.17 bits per heavy atom. The van der Waals surface area contributed by atoms with Crippen molar-refractivity contribution in [3.05, 3.63) is 64.2 Å². The number of aromatic hydroxyl groups is 1. The number of amides is 1. The van der Waals surface area contributed by atoms with Crippen LogP contribution in [-0.2, 0) is 7.05 Å². The average Bonchev–Trinajstić information content (AvgIpc) is 2.84. The number of hydrogen-bond donors (Lipinski definition) is 1. The number of para-hydroxylation sites is 2. The molecule has 0 aliphatic rings. The van der Waals surface area contributed by atoms with Gasteiger partial charge in [-0.2, -0.15) is 0 Å². The van der Waals surface area contributed by atoms with E-state index in [9.17, 15) is 20.0 Å². The summed E-state index contributed by atoms with van der Waals surface area (Å²) in [6, 6.07) is 12.6. The molecule has 0 aliphatic carbocycles. The summed E-state index contributed by atoms with van der Waals surface area (Å²) in [4.78, 5) is 22.5. The minimum atomic E-state index is -0.852. The predicted molar refractivity (Wildman–Crippen MR) is 86.5 cm³/mol. The molecule has 8 nitrogen and oxygen atoms in total. The Kier molecular flexibility index (Phi) is 3.78. The topological polar surface area (TPSA) is 110 Å². The van der Waals surface area contributed by atoms with E-state index in [1.165, 1.54) is 28.8 Å². The third-order valence-electron chi connectivity index (χ3n) is 3.62. The lowest BCUT2D eigenvalue weighted by molar-refractivity contribution is -0.385. The first-order valence-electron chi connectivity index (χ1n) is 6.96. The highest BCUT2D eigenvalue weighted by Crippen LogP contribution is 2.37. The monoisotopic (exact) mass is 324 g/mol. The van der Waals surface area contributed by atoms with Crippen LogP contribution >= 0.6 is 0 Å². The maximum absolute atomic E-state index is 12.1. The average molecular weight is 324 g/mol. The van der Waals surface area contributed by atoms with Crippen molar-refractivity contribution in [2.24, 2.45) is 17.3 Å². The SMILES string of the molecule is Cn1c(O)c(N=NC(=O)c2ccccc2[N+](=O)[O-])c2ccccc21. The van der Waals surface area contributed by atoms with Crippen molar-refractivity contribution < 1.29 is 14.8 Å². The van der Waals surface area contributed by atoms with E-state index in [0.717, 1.165) is 5.52 Å². The molecule has 2 aromatic carbocycles. The van der Waals surface area contributed by atoms with Crippen molar-refractivity contribution in [2.45, 2.75) is 0 Å². The number of hydrogen-bond acceptors (Lipinski definition) is 5. The van der Waals surface area contributed by atoms with Gasteiger partial charge in [0.25, 0.3) is 5.69 Å². The van der Waals surface area contributed by atoms with Gasteiger partial charge >= 0.3 is 5.91 Å². The Labute approximate surface area is 135 Å². The smallest absolute Gasteiger partial charge is 0.302 e. The summed E-state index contributed by atoms with van der Waals surface area (Å²) in [5.41, 5.74) is 0.358. The zero-order valence-corrected chi connectivity index (χ0v) is 12.6. The summed E-state index contributed by atoms with van der Waals surface area (Å²) in [7, 11) is 1.65. The van der Waals surface area contributed by atoms with Gasteiger partial charge in [0, 0.05) is 18.5 Å². The summed E-state index contributed by atoms with van der Waals surface area (Å²) in [5, 5.41) is 29.1. The van der Waals surface area contributed by atoms with Crippen LogP contribution in [0.25, 0.3) is 10.9 Å². The third kappa shape index (κ3) is 2.50. The van der Waals surface area contributed by atoms with Gasteiger partial charge in [-0.25, -0.2) is 0 Å². The number of nitro benzene ring substituents is 1. The highest BCUT2D eigenvalue weighted by atomic mass is 16.6. The maximum atomic E-state index is 12.1. The Hall–Kier alpha value is -3.55. The molecule has 0 saturated heterocycles. The highest BCUT2D eigenvalue weighted by molar-refractivity contribution is 5.99. The fourth-order valence-electron chi connectivity index (χ4n) is 2.42. The lowest BCUT2D eigenvalue weighted by Gasteiger charge is -1.97. The van der Waals surface area contributed by atoms with E-state index in [4.69, 9.17) is 0 Å². The maximum Gasteiger partial charge on any atom is 0.302 e. The number of nitro groups is 1. The summed E-state index contributed by atoms with van der Waals surface area (Å²) < 4.78 is 1.51. The van der Waals surface area contributed by atoms with E-state index >= 15 is 0 Å². The second kappa shape index (κ2) is 5.92.